The number of carboxylic acids is 1. The third-order valence-electron chi connectivity index (χ3n) is 3.70. The van der Waals surface area contributed by atoms with Gasteiger partial charge in [0.15, 0.2) is 0 Å². The van der Waals surface area contributed by atoms with Crippen LogP contribution in [-0.2, 0) is 11.3 Å². The summed E-state index contributed by atoms with van der Waals surface area (Å²) < 4.78 is 0. The van der Waals surface area contributed by atoms with Crippen LogP contribution in [0.15, 0.2) is 18.2 Å². The van der Waals surface area contributed by atoms with Crippen LogP contribution in [0.5, 0.6) is 0 Å². The smallest absolute Gasteiger partial charge is 0.303 e. The fraction of sp³-hybridized carbons (Fsp3) is 0.500. The van der Waals surface area contributed by atoms with Crippen molar-refractivity contribution in [3.8, 4) is 0 Å². The van der Waals surface area contributed by atoms with Crippen LogP contribution in [0.4, 0.5) is 5.69 Å². The maximum Gasteiger partial charge on any atom is 0.303 e. The van der Waals surface area contributed by atoms with Crippen LogP contribution in [0.2, 0.25) is 5.02 Å². The molecule has 1 aliphatic rings. The number of carboxylic acid groups (broad SMARTS) is 1. The van der Waals surface area contributed by atoms with Crippen LogP contribution in [0, 0.1) is 16.0 Å². The quantitative estimate of drug-likeness (QED) is 0.667. The van der Waals surface area contributed by atoms with Crippen LogP contribution in [0.1, 0.15) is 24.8 Å². The number of likely N-dealkylation sites (tertiary alicyclic amines) is 1. The number of hydrogen-bond acceptors (Lipinski definition) is 4. The first kappa shape index (κ1) is 15.7. The highest BCUT2D eigenvalue weighted by atomic mass is 35.5. The summed E-state index contributed by atoms with van der Waals surface area (Å²) in [6.45, 7) is 1.89. The number of hydrogen-bond donors (Lipinski definition) is 1. The van der Waals surface area contributed by atoms with Crippen molar-refractivity contribution in [1.29, 1.82) is 0 Å². The number of nitro groups is 1. The highest BCUT2D eigenvalue weighted by Gasteiger charge is 2.24. The van der Waals surface area contributed by atoms with Gasteiger partial charge in [0.1, 0.15) is 0 Å². The first-order valence-electron chi connectivity index (χ1n) is 6.82. The third kappa shape index (κ3) is 4.41. The molecule has 1 atom stereocenters. The zero-order valence-corrected chi connectivity index (χ0v) is 12.3. The Balaban J connectivity index is 2.08. The molecule has 0 radical (unpaired) electrons. The third-order valence-corrected chi connectivity index (χ3v) is 3.93. The van der Waals surface area contributed by atoms with Crippen LogP contribution in [-0.4, -0.2) is 34.0 Å². The lowest BCUT2D eigenvalue weighted by Crippen LogP contribution is -2.35. The fourth-order valence-electron chi connectivity index (χ4n) is 2.81. The highest BCUT2D eigenvalue weighted by Crippen LogP contribution is 2.27. The minimum atomic E-state index is -0.796. The topological polar surface area (TPSA) is 83.7 Å². The molecule has 114 valence electrons. The average Bonchev–Trinajstić information content (AvgIpc) is 2.38. The second kappa shape index (κ2) is 6.87. The van der Waals surface area contributed by atoms with Gasteiger partial charge in [-0.1, -0.05) is 11.6 Å². The molecule has 21 heavy (non-hydrogen) atoms. The van der Waals surface area contributed by atoms with Gasteiger partial charge >= 0.3 is 5.97 Å². The molecule has 0 aromatic heterocycles. The van der Waals surface area contributed by atoms with E-state index in [2.05, 4.69) is 4.90 Å². The van der Waals surface area contributed by atoms with Crippen LogP contribution >= 0.6 is 11.6 Å². The summed E-state index contributed by atoms with van der Waals surface area (Å²) in [5.41, 5.74) is 0.628. The number of benzene rings is 1. The van der Waals surface area contributed by atoms with Crippen LogP contribution in [0.25, 0.3) is 0 Å². The maximum absolute atomic E-state index is 11.1. The Morgan fingerprint density at radius 3 is 2.95 bits per heavy atom. The number of carbonyl (C=O) groups is 1. The Morgan fingerprint density at radius 1 is 1.52 bits per heavy atom. The van der Waals surface area contributed by atoms with Gasteiger partial charge in [-0.15, -0.1) is 0 Å². The summed E-state index contributed by atoms with van der Waals surface area (Å²) in [5.74, 6) is -0.690. The number of halogens is 1. The highest BCUT2D eigenvalue weighted by molar-refractivity contribution is 6.30. The van der Waals surface area contributed by atoms with E-state index in [4.69, 9.17) is 16.7 Å². The van der Waals surface area contributed by atoms with Gasteiger partial charge in [0.2, 0.25) is 0 Å². The lowest BCUT2D eigenvalue weighted by Gasteiger charge is -2.31. The zero-order chi connectivity index (χ0) is 15.4. The van der Waals surface area contributed by atoms with Crippen LogP contribution in [0.3, 0.4) is 0 Å². The Morgan fingerprint density at radius 2 is 2.29 bits per heavy atom. The zero-order valence-electron chi connectivity index (χ0n) is 11.5. The van der Waals surface area contributed by atoms with Gasteiger partial charge in [-0.05, 0) is 37.4 Å². The van der Waals surface area contributed by atoms with Gasteiger partial charge in [0, 0.05) is 36.2 Å². The molecule has 0 bridgehead atoms. The van der Waals surface area contributed by atoms with Gasteiger partial charge < -0.3 is 5.11 Å². The van der Waals surface area contributed by atoms with E-state index < -0.39 is 10.9 Å². The van der Waals surface area contributed by atoms with Crippen molar-refractivity contribution in [3.05, 3.63) is 38.9 Å². The van der Waals surface area contributed by atoms with Crippen molar-refractivity contribution in [2.75, 3.05) is 13.1 Å². The predicted molar refractivity (Wildman–Crippen MR) is 78.4 cm³/mol. The monoisotopic (exact) mass is 312 g/mol. The molecular formula is C14H17ClN2O4. The molecule has 6 nitrogen and oxygen atoms in total. The summed E-state index contributed by atoms with van der Waals surface area (Å²) >= 11 is 5.92. The lowest BCUT2D eigenvalue weighted by atomic mass is 9.94. The molecule has 1 saturated heterocycles. The van der Waals surface area contributed by atoms with E-state index in [1.165, 1.54) is 12.1 Å². The fourth-order valence-corrected chi connectivity index (χ4v) is 3.00. The minimum Gasteiger partial charge on any atom is -0.481 e. The summed E-state index contributed by atoms with van der Waals surface area (Å²) in [6, 6.07) is 4.53. The largest absolute Gasteiger partial charge is 0.481 e. The molecule has 1 aromatic carbocycles. The first-order valence-corrected chi connectivity index (χ1v) is 7.20. The second-order valence-electron chi connectivity index (χ2n) is 5.37. The molecule has 2 rings (SSSR count). The first-order chi connectivity index (χ1) is 9.95. The van der Waals surface area contributed by atoms with Crippen molar-refractivity contribution in [3.63, 3.8) is 0 Å². The molecule has 1 fully saturated rings. The standard InChI is InChI=1S/C14H17ClN2O4/c15-12-3-4-13(17(20)21)11(7-12)9-16-5-1-2-10(8-16)6-14(18)19/h3-4,7,10H,1-2,5-6,8-9H2,(H,18,19). The Kier molecular flexibility index (Phi) is 5.14. The summed E-state index contributed by atoms with van der Waals surface area (Å²) in [7, 11) is 0. The van der Waals surface area contributed by atoms with Gasteiger partial charge in [-0.2, -0.15) is 0 Å². The lowest BCUT2D eigenvalue weighted by molar-refractivity contribution is -0.385. The van der Waals surface area contributed by atoms with E-state index in [1.54, 1.807) is 6.07 Å². The van der Waals surface area contributed by atoms with Crippen LogP contribution < -0.4 is 0 Å². The summed E-state index contributed by atoms with van der Waals surface area (Å²) in [5, 5.41) is 20.4. The predicted octanol–water partition coefficient (Wildman–Crippen LogP) is 2.93. The molecule has 7 heteroatoms. The Labute approximate surface area is 127 Å². The Hall–Kier alpha value is -1.66. The van der Waals surface area contributed by atoms with Crippen molar-refractivity contribution < 1.29 is 14.8 Å². The van der Waals surface area contributed by atoms with Gasteiger partial charge in [0.25, 0.3) is 5.69 Å². The van der Waals surface area contributed by atoms with E-state index in [0.29, 0.717) is 23.7 Å². The maximum atomic E-state index is 11.1. The SMILES string of the molecule is O=C(O)CC1CCCN(Cc2cc(Cl)ccc2[N+](=O)[O-])C1. The average molecular weight is 313 g/mol. The number of nitrogens with zero attached hydrogens (tertiary/aromatic N) is 2. The van der Waals surface area contributed by atoms with Crippen molar-refractivity contribution >= 4 is 23.3 Å². The van der Waals surface area contributed by atoms with Crippen molar-refractivity contribution in [1.82, 2.24) is 4.90 Å². The van der Waals surface area contributed by atoms with E-state index in [1.807, 2.05) is 0 Å². The molecular weight excluding hydrogens is 296 g/mol. The van der Waals surface area contributed by atoms with Gasteiger partial charge in [0.05, 0.1) is 4.92 Å². The van der Waals surface area contributed by atoms with Crippen molar-refractivity contribution in [2.24, 2.45) is 5.92 Å². The Bertz CT molecular complexity index is 550. The molecule has 1 aromatic rings. The minimum absolute atomic E-state index is 0.0553. The van der Waals surface area contributed by atoms with E-state index in [-0.39, 0.29) is 18.0 Å². The molecule has 0 saturated carbocycles. The molecule has 1 N–H and O–H groups in total. The molecule has 0 amide bonds. The molecule has 1 aliphatic heterocycles. The molecule has 0 aliphatic carbocycles. The van der Waals surface area contributed by atoms with Gasteiger partial charge in [-0.3, -0.25) is 19.8 Å². The number of piperidine rings is 1. The summed E-state index contributed by atoms with van der Waals surface area (Å²) in [6.07, 6.45) is 1.95. The normalized spacial score (nSPS) is 19.4. The van der Waals surface area contributed by atoms with Crippen molar-refractivity contribution in [2.45, 2.75) is 25.8 Å². The van der Waals surface area contributed by atoms with E-state index >= 15 is 0 Å². The second-order valence-corrected chi connectivity index (χ2v) is 5.81. The van der Waals surface area contributed by atoms with E-state index in [0.717, 1.165) is 19.4 Å². The molecule has 1 heterocycles. The number of aliphatic carboxylic acids is 1. The molecule has 1 unspecified atom stereocenters. The number of rotatable bonds is 5. The van der Waals surface area contributed by atoms with E-state index in [9.17, 15) is 14.9 Å². The molecule has 0 spiro atoms. The van der Waals surface area contributed by atoms with Gasteiger partial charge in [-0.25, -0.2) is 0 Å². The summed E-state index contributed by atoms with van der Waals surface area (Å²) in [4.78, 5) is 23.5. The number of nitro benzene ring substituents is 1.